The van der Waals surface area contributed by atoms with Crippen LogP contribution in [0.4, 0.5) is 5.82 Å². The van der Waals surface area contributed by atoms with Crippen molar-refractivity contribution in [2.45, 2.75) is 25.7 Å². The van der Waals surface area contributed by atoms with Crippen LogP contribution in [0.5, 0.6) is 0 Å². The van der Waals surface area contributed by atoms with Crippen LogP contribution in [0.3, 0.4) is 0 Å². The molecule has 1 atom stereocenters. The molecule has 3 heterocycles. The number of hydrogen-bond donors (Lipinski definition) is 1. The number of hydrogen-bond acceptors (Lipinski definition) is 5. The summed E-state index contributed by atoms with van der Waals surface area (Å²) in [6, 6.07) is 0.276. The fraction of sp³-hybridized carbons (Fsp3) is 0.600. The molecule has 1 aromatic rings. The predicted molar refractivity (Wildman–Crippen MR) is 55.3 cm³/mol. The minimum atomic E-state index is 0.276. The van der Waals surface area contributed by atoms with E-state index in [4.69, 9.17) is 10.5 Å². The number of fused-ring (bicyclic) bond motifs is 1. The van der Waals surface area contributed by atoms with Gasteiger partial charge in [-0.15, -0.1) is 0 Å². The third-order valence-electron chi connectivity index (χ3n) is 3.02. The van der Waals surface area contributed by atoms with Gasteiger partial charge in [-0.2, -0.15) is 0 Å². The van der Waals surface area contributed by atoms with E-state index in [0.29, 0.717) is 13.2 Å². The van der Waals surface area contributed by atoms with E-state index < -0.39 is 0 Å². The van der Waals surface area contributed by atoms with Gasteiger partial charge in [0, 0.05) is 24.7 Å². The molecule has 2 aliphatic heterocycles. The van der Waals surface area contributed by atoms with Crippen LogP contribution in [0.2, 0.25) is 0 Å². The molecule has 0 radical (unpaired) electrons. The summed E-state index contributed by atoms with van der Waals surface area (Å²) < 4.78 is 5.38. The normalized spacial score (nSPS) is 24.6. The zero-order valence-corrected chi connectivity index (χ0v) is 8.52. The number of rotatable bonds is 1. The lowest BCUT2D eigenvalue weighted by atomic mass is 10.2. The van der Waals surface area contributed by atoms with Crippen molar-refractivity contribution in [2.75, 3.05) is 18.0 Å². The summed E-state index contributed by atoms with van der Waals surface area (Å²) in [6.45, 7) is 3.13. The Morgan fingerprint density at radius 2 is 2.33 bits per heavy atom. The Hall–Kier alpha value is -1.20. The zero-order valence-electron chi connectivity index (χ0n) is 8.52. The summed E-state index contributed by atoms with van der Waals surface area (Å²) in [5.41, 5.74) is 8.06. The molecule has 1 fully saturated rings. The molecule has 0 bridgehead atoms. The number of aromatic nitrogens is 2. The Bertz CT molecular complexity index is 382. The van der Waals surface area contributed by atoms with Gasteiger partial charge in [-0.05, 0) is 6.42 Å². The fourth-order valence-corrected chi connectivity index (χ4v) is 2.21. The molecule has 3 rings (SSSR count). The van der Waals surface area contributed by atoms with Crippen LogP contribution >= 0.6 is 0 Å². The Balaban J connectivity index is 1.95. The van der Waals surface area contributed by atoms with E-state index in [-0.39, 0.29) is 6.04 Å². The van der Waals surface area contributed by atoms with Crippen molar-refractivity contribution in [1.82, 2.24) is 9.97 Å². The molecule has 5 nitrogen and oxygen atoms in total. The number of anilines is 1. The van der Waals surface area contributed by atoms with E-state index in [9.17, 15) is 0 Å². The van der Waals surface area contributed by atoms with E-state index in [1.54, 1.807) is 6.33 Å². The topological polar surface area (TPSA) is 64.3 Å². The maximum atomic E-state index is 5.89. The van der Waals surface area contributed by atoms with Gasteiger partial charge < -0.3 is 15.4 Å². The van der Waals surface area contributed by atoms with Crippen LogP contribution in [0, 0.1) is 0 Å². The van der Waals surface area contributed by atoms with Gasteiger partial charge in [0.1, 0.15) is 12.1 Å². The Morgan fingerprint density at radius 3 is 3.13 bits per heavy atom. The molecule has 2 N–H and O–H groups in total. The minimum absolute atomic E-state index is 0.276. The van der Waals surface area contributed by atoms with Crippen LogP contribution in [-0.4, -0.2) is 29.1 Å². The average Bonchev–Trinajstić information content (AvgIpc) is 2.84. The Kier molecular flexibility index (Phi) is 2.07. The molecule has 2 aliphatic rings. The van der Waals surface area contributed by atoms with E-state index in [0.717, 1.165) is 36.6 Å². The molecule has 1 aromatic heterocycles. The highest BCUT2D eigenvalue weighted by Crippen LogP contribution is 2.28. The molecule has 0 aromatic carbocycles. The van der Waals surface area contributed by atoms with E-state index >= 15 is 0 Å². The maximum absolute atomic E-state index is 5.89. The van der Waals surface area contributed by atoms with Crippen molar-refractivity contribution in [3.05, 3.63) is 17.6 Å². The summed E-state index contributed by atoms with van der Waals surface area (Å²) in [5, 5.41) is 0. The van der Waals surface area contributed by atoms with Gasteiger partial charge >= 0.3 is 0 Å². The monoisotopic (exact) mass is 206 g/mol. The third kappa shape index (κ3) is 1.48. The molecule has 0 aliphatic carbocycles. The van der Waals surface area contributed by atoms with E-state index in [2.05, 4.69) is 14.9 Å². The molecule has 1 saturated heterocycles. The first kappa shape index (κ1) is 9.06. The lowest BCUT2D eigenvalue weighted by Gasteiger charge is -2.18. The van der Waals surface area contributed by atoms with Crippen LogP contribution in [0.1, 0.15) is 17.7 Å². The Labute approximate surface area is 88.3 Å². The lowest BCUT2D eigenvalue weighted by Crippen LogP contribution is -2.27. The Morgan fingerprint density at radius 1 is 1.40 bits per heavy atom. The van der Waals surface area contributed by atoms with Gasteiger partial charge in [-0.25, -0.2) is 9.97 Å². The number of ether oxygens (including phenoxy) is 1. The summed E-state index contributed by atoms with van der Waals surface area (Å²) in [5.74, 6) is 1.02. The molecular formula is C10H14N4O. The highest BCUT2D eigenvalue weighted by Gasteiger charge is 2.26. The second-order valence-corrected chi connectivity index (χ2v) is 4.11. The standard InChI is InChI=1S/C10H14N4O/c11-7-1-2-14(3-7)10-8-4-15-5-9(8)12-6-13-10/h6-7H,1-5,11H2. The first-order valence-electron chi connectivity index (χ1n) is 5.25. The first-order chi connectivity index (χ1) is 7.34. The van der Waals surface area contributed by atoms with Crippen molar-refractivity contribution < 1.29 is 4.74 Å². The van der Waals surface area contributed by atoms with Gasteiger partial charge in [-0.1, -0.05) is 0 Å². The first-order valence-corrected chi connectivity index (χ1v) is 5.25. The van der Waals surface area contributed by atoms with Gasteiger partial charge in [0.2, 0.25) is 0 Å². The second-order valence-electron chi connectivity index (χ2n) is 4.11. The molecule has 15 heavy (non-hydrogen) atoms. The predicted octanol–water partition coefficient (Wildman–Crippen LogP) is 0.0442. The number of nitrogens with zero attached hydrogens (tertiary/aromatic N) is 3. The van der Waals surface area contributed by atoms with E-state index in [1.807, 2.05) is 0 Å². The van der Waals surface area contributed by atoms with Gasteiger partial charge in [0.25, 0.3) is 0 Å². The maximum Gasteiger partial charge on any atom is 0.137 e. The van der Waals surface area contributed by atoms with Crippen molar-refractivity contribution in [2.24, 2.45) is 5.73 Å². The quantitative estimate of drug-likeness (QED) is 0.703. The highest BCUT2D eigenvalue weighted by molar-refractivity contribution is 5.50. The molecule has 80 valence electrons. The molecule has 0 saturated carbocycles. The zero-order chi connectivity index (χ0) is 10.3. The molecule has 1 unspecified atom stereocenters. The smallest absolute Gasteiger partial charge is 0.137 e. The minimum Gasteiger partial charge on any atom is -0.370 e. The van der Waals surface area contributed by atoms with Gasteiger partial charge in [0.05, 0.1) is 18.9 Å². The van der Waals surface area contributed by atoms with Crippen molar-refractivity contribution in [1.29, 1.82) is 0 Å². The van der Waals surface area contributed by atoms with Crippen LogP contribution in [-0.2, 0) is 18.0 Å². The molecule has 0 amide bonds. The van der Waals surface area contributed by atoms with Crippen molar-refractivity contribution in [3.8, 4) is 0 Å². The highest BCUT2D eigenvalue weighted by atomic mass is 16.5. The fourth-order valence-electron chi connectivity index (χ4n) is 2.21. The molecule has 0 spiro atoms. The lowest BCUT2D eigenvalue weighted by molar-refractivity contribution is 0.133. The SMILES string of the molecule is NC1CCN(c2ncnc3c2COC3)C1. The van der Waals surface area contributed by atoms with Crippen molar-refractivity contribution >= 4 is 5.82 Å². The number of nitrogens with two attached hydrogens (primary N) is 1. The van der Waals surface area contributed by atoms with E-state index in [1.165, 1.54) is 0 Å². The third-order valence-corrected chi connectivity index (χ3v) is 3.02. The summed E-state index contributed by atoms with van der Waals surface area (Å²) >= 11 is 0. The van der Waals surface area contributed by atoms with Crippen LogP contribution < -0.4 is 10.6 Å². The van der Waals surface area contributed by atoms with Gasteiger partial charge in [0.15, 0.2) is 0 Å². The average molecular weight is 206 g/mol. The largest absolute Gasteiger partial charge is 0.370 e. The van der Waals surface area contributed by atoms with Crippen LogP contribution in [0.15, 0.2) is 6.33 Å². The van der Waals surface area contributed by atoms with Crippen molar-refractivity contribution in [3.63, 3.8) is 0 Å². The molecular weight excluding hydrogens is 192 g/mol. The van der Waals surface area contributed by atoms with Crippen LogP contribution in [0.25, 0.3) is 0 Å². The van der Waals surface area contributed by atoms with Gasteiger partial charge in [-0.3, -0.25) is 0 Å². The summed E-state index contributed by atoms with van der Waals surface area (Å²) in [4.78, 5) is 10.8. The summed E-state index contributed by atoms with van der Waals surface area (Å²) in [6.07, 6.45) is 2.66. The summed E-state index contributed by atoms with van der Waals surface area (Å²) in [7, 11) is 0. The second kappa shape index (κ2) is 3.43. The molecule has 5 heteroatoms.